The van der Waals surface area contributed by atoms with E-state index in [1.807, 2.05) is 0 Å². The number of hydrogen-bond acceptors (Lipinski definition) is 4. The molecule has 2 unspecified atom stereocenters. The van der Waals surface area contributed by atoms with E-state index < -0.39 is 6.10 Å². The van der Waals surface area contributed by atoms with Crippen LogP contribution in [0.2, 0.25) is 0 Å². The van der Waals surface area contributed by atoms with Gasteiger partial charge in [-0.15, -0.1) is 0 Å². The molecule has 18 heavy (non-hydrogen) atoms. The van der Waals surface area contributed by atoms with Crippen molar-refractivity contribution in [2.45, 2.75) is 44.2 Å². The molecule has 0 radical (unpaired) electrons. The van der Waals surface area contributed by atoms with E-state index in [-0.39, 0.29) is 23.2 Å². The van der Waals surface area contributed by atoms with Gasteiger partial charge in [-0.05, 0) is 12.8 Å². The van der Waals surface area contributed by atoms with Crippen LogP contribution in [0, 0.1) is 0 Å². The monoisotopic (exact) mass is 251 g/mol. The highest BCUT2D eigenvalue weighted by Crippen LogP contribution is 2.18. The Hall–Kier alpha value is -1.69. The van der Waals surface area contributed by atoms with Gasteiger partial charge in [0.05, 0.1) is 18.3 Å². The van der Waals surface area contributed by atoms with Crippen LogP contribution < -0.4 is 10.9 Å². The van der Waals surface area contributed by atoms with Crippen LogP contribution in [0.1, 0.15) is 42.6 Å². The molecular formula is C12H17N3O3. The number of aromatic nitrogens is 2. The minimum absolute atomic E-state index is 0.158. The summed E-state index contributed by atoms with van der Waals surface area (Å²) < 4.78 is 0. The Bertz CT molecular complexity index is 451. The first-order chi connectivity index (χ1) is 8.66. The summed E-state index contributed by atoms with van der Waals surface area (Å²) in [7, 11) is 0. The highest BCUT2D eigenvalue weighted by Gasteiger charge is 2.23. The summed E-state index contributed by atoms with van der Waals surface area (Å²) in [6.45, 7) is 0. The Morgan fingerprint density at radius 1 is 1.39 bits per heavy atom. The first-order valence-corrected chi connectivity index (χ1v) is 6.20. The quantitative estimate of drug-likeness (QED) is 0.654. The molecule has 1 aliphatic carbocycles. The van der Waals surface area contributed by atoms with Crippen molar-refractivity contribution in [1.82, 2.24) is 15.3 Å². The minimum Gasteiger partial charge on any atom is -0.391 e. The molecule has 1 saturated carbocycles. The highest BCUT2D eigenvalue weighted by atomic mass is 16.3. The molecule has 3 N–H and O–H groups in total. The van der Waals surface area contributed by atoms with Crippen molar-refractivity contribution in [2.75, 3.05) is 0 Å². The van der Waals surface area contributed by atoms with Crippen molar-refractivity contribution >= 4 is 5.91 Å². The normalized spacial score (nSPS) is 24.3. The number of carbonyl (C=O) groups excluding carboxylic acids is 1. The zero-order valence-electron chi connectivity index (χ0n) is 10.1. The van der Waals surface area contributed by atoms with Gasteiger partial charge in [0, 0.05) is 6.20 Å². The van der Waals surface area contributed by atoms with Crippen LogP contribution in [0.5, 0.6) is 0 Å². The maximum atomic E-state index is 11.9. The molecule has 2 atom stereocenters. The standard InChI is InChI=1S/C12H17N3O3/c16-10-5-3-1-2-4-8(10)15-12(18)9-6-14-11(17)7-13-9/h6-8,10,16H,1-5H2,(H,14,17)(H,15,18). The molecule has 2 rings (SSSR count). The fourth-order valence-electron chi connectivity index (χ4n) is 2.17. The Morgan fingerprint density at radius 2 is 2.17 bits per heavy atom. The zero-order valence-corrected chi connectivity index (χ0v) is 10.1. The average Bonchev–Trinajstić information content (AvgIpc) is 2.56. The molecule has 1 aromatic heterocycles. The second-order valence-electron chi connectivity index (χ2n) is 4.58. The summed E-state index contributed by atoms with van der Waals surface area (Å²) in [6, 6.07) is -0.228. The third-order valence-corrected chi connectivity index (χ3v) is 3.20. The second kappa shape index (κ2) is 5.77. The van der Waals surface area contributed by atoms with Crippen LogP contribution >= 0.6 is 0 Å². The van der Waals surface area contributed by atoms with Crippen molar-refractivity contribution in [1.29, 1.82) is 0 Å². The second-order valence-corrected chi connectivity index (χ2v) is 4.58. The largest absolute Gasteiger partial charge is 0.391 e. The van der Waals surface area contributed by atoms with Crippen molar-refractivity contribution < 1.29 is 9.90 Å². The summed E-state index contributed by atoms with van der Waals surface area (Å²) in [5, 5.41) is 12.7. The van der Waals surface area contributed by atoms with Gasteiger partial charge in [0.25, 0.3) is 11.5 Å². The highest BCUT2D eigenvalue weighted by molar-refractivity contribution is 5.92. The van der Waals surface area contributed by atoms with Gasteiger partial charge in [-0.1, -0.05) is 19.3 Å². The third-order valence-electron chi connectivity index (χ3n) is 3.20. The number of carbonyl (C=O) groups is 1. The minimum atomic E-state index is -0.501. The molecule has 6 nitrogen and oxygen atoms in total. The molecule has 0 spiro atoms. The molecule has 1 aliphatic rings. The lowest BCUT2D eigenvalue weighted by molar-refractivity contribution is 0.0814. The van der Waals surface area contributed by atoms with Crippen LogP contribution in [0.3, 0.4) is 0 Å². The zero-order chi connectivity index (χ0) is 13.0. The van der Waals surface area contributed by atoms with Crippen molar-refractivity contribution in [3.05, 3.63) is 28.4 Å². The van der Waals surface area contributed by atoms with E-state index in [0.717, 1.165) is 31.9 Å². The number of aliphatic hydroxyl groups is 1. The molecule has 0 aliphatic heterocycles. The molecular weight excluding hydrogens is 234 g/mol. The van der Waals surface area contributed by atoms with E-state index in [9.17, 15) is 14.7 Å². The molecule has 6 heteroatoms. The number of nitrogens with zero attached hydrogens (tertiary/aromatic N) is 1. The fourth-order valence-corrected chi connectivity index (χ4v) is 2.17. The van der Waals surface area contributed by atoms with E-state index in [1.165, 1.54) is 6.20 Å². The lowest BCUT2D eigenvalue weighted by atomic mass is 10.1. The summed E-state index contributed by atoms with van der Waals surface area (Å²) in [5.74, 6) is -0.364. The number of aromatic amines is 1. The Labute approximate surface area is 104 Å². The van der Waals surface area contributed by atoms with E-state index in [1.54, 1.807) is 0 Å². The van der Waals surface area contributed by atoms with Crippen LogP contribution in [-0.4, -0.2) is 33.1 Å². The van der Waals surface area contributed by atoms with Crippen LogP contribution in [-0.2, 0) is 0 Å². The smallest absolute Gasteiger partial charge is 0.271 e. The van der Waals surface area contributed by atoms with Crippen molar-refractivity contribution in [3.8, 4) is 0 Å². The van der Waals surface area contributed by atoms with Crippen molar-refractivity contribution in [2.24, 2.45) is 0 Å². The number of hydrogen-bond donors (Lipinski definition) is 3. The Morgan fingerprint density at radius 3 is 2.89 bits per heavy atom. The summed E-state index contributed by atoms with van der Waals surface area (Å²) >= 11 is 0. The van der Waals surface area contributed by atoms with Gasteiger partial charge in [0.2, 0.25) is 0 Å². The van der Waals surface area contributed by atoms with Gasteiger partial charge < -0.3 is 15.4 Å². The Balaban J connectivity index is 2.01. The van der Waals surface area contributed by atoms with E-state index in [4.69, 9.17) is 0 Å². The Kier molecular flexibility index (Phi) is 4.09. The van der Waals surface area contributed by atoms with Gasteiger partial charge >= 0.3 is 0 Å². The maximum absolute atomic E-state index is 11.9. The molecule has 1 fully saturated rings. The van der Waals surface area contributed by atoms with Gasteiger partial charge in [-0.2, -0.15) is 0 Å². The number of rotatable bonds is 2. The maximum Gasteiger partial charge on any atom is 0.271 e. The molecule has 1 heterocycles. The lowest BCUT2D eigenvalue weighted by Crippen LogP contribution is -2.43. The molecule has 1 aromatic rings. The van der Waals surface area contributed by atoms with Crippen LogP contribution in [0.25, 0.3) is 0 Å². The predicted molar refractivity (Wildman–Crippen MR) is 65.2 cm³/mol. The molecule has 98 valence electrons. The first-order valence-electron chi connectivity index (χ1n) is 6.20. The van der Waals surface area contributed by atoms with Gasteiger partial charge in [-0.3, -0.25) is 9.59 Å². The van der Waals surface area contributed by atoms with E-state index in [2.05, 4.69) is 15.3 Å². The van der Waals surface area contributed by atoms with Gasteiger partial charge in [0.1, 0.15) is 5.69 Å². The van der Waals surface area contributed by atoms with Gasteiger partial charge in [0.15, 0.2) is 0 Å². The SMILES string of the molecule is O=C(NC1CCCCCC1O)c1c[nH]c(=O)cn1. The number of amides is 1. The fraction of sp³-hybridized carbons (Fsp3) is 0.583. The average molecular weight is 251 g/mol. The molecule has 0 saturated heterocycles. The summed E-state index contributed by atoms with van der Waals surface area (Å²) in [4.78, 5) is 28.9. The third kappa shape index (κ3) is 3.16. The summed E-state index contributed by atoms with van der Waals surface area (Å²) in [6.07, 6.45) is 6.41. The first kappa shape index (κ1) is 12.8. The number of aliphatic hydroxyl groups excluding tert-OH is 1. The topological polar surface area (TPSA) is 95.1 Å². The molecule has 1 amide bonds. The van der Waals surface area contributed by atoms with Crippen molar-refractivity contribution in [3.63, 3.8) is 0 Å². The summed E-state index contributed by atoms with van der Waals surface area (Å²) in [5.41, 5.74) is -0.188. The van der Waals surface area contributed by atoms with Crippen LogP contribution in [0.4, 0.5) is 0 Å². The molecule has 0 aromatic carbocycles. The van der Waals surface area contributed by atoms with E-state index in [0.29, 0.717) is 6.42 Å². The lowest BCUT2D eigenvalue weighted by Gasteiger charge is -2.21. The van der Waals surface area contributed by atoms with Gasteiger partial charge in [-0.25, -0.2) is 4.98 Å². The van der Waals surface area contributed by atoms with Crippen LogP contribution in [0.15, 0.2) is 17.2 Å². The van der Waals surface area contributed by atoms with E-state index >= 15 is 0 Å². The number of H-pyrrole nitrogens is 1. The predicted octanol–water partition coefficient (Wildman–Crippen LogP) is 0.193. The molecule has 0 bridgehead atoms. The number of nitrogens with one attached hydrogen (secondary N) is 2.